The maximum atomic E-state index is 13.3. The number of benzene rings is 2. The number of aromatic nitrogens is 1. The van der Waals surface area contributed by atoms with Crippen molar-refractivity contribution in [1.82, 2.24) is 4.98 Å². The molecule has 1 heterocycles. The van der Waals surface area contributed by atoms with Crippen molar-refractivity contribution in [1.29, 1.82) is 0 Å². The lowest BCUT2D eigenvalue weighted by molar-refractivity contribution is -0.384. The molecule has 0 radical (unpaired) electrons. The van der Waals surface area contributed by atoms with Crippen LogP contribution in [0, 0.1) is 21.7 Å². The SMILES string of the molecule is O=C(Nc1nc(-c2ccc(F)c(F)c2)cs1)c1ccc([N+](=O)[O-])cc1Cl. The minimum atomic E-state index is -1.00. The summed E-state index contributed by atoms with van der Waals surface area (Å²) < 4.78 is 26.3. The highest BCUT2D eigenvalue weighted by molar-refractivity contribution is 7.14. The first-order valence-electron chi connectivity index (χ1n) is 7.01. The van der Waals surface area contributed by atoms with E-state index in [9.17, 15) is 23.7 Å². The van der Waals surface area contributed by atoms with Crippen LogP contribution < -0.4 is 5.32 Å². The third kappa shape index (κ3) is 3.68. The van der Waals surface area contributed by atoms with Crippen molar-refractivity contribution in [2.24, 2.45) is 0 Å². The molecule has 0 bridgehead atoms. The number of nitro groups is 1. The zero-order valence-electron chi connectivity index (χ0n) is 12.7. The molecule has 2 aromatic carbocycles. The fourth-order valence-electron chi connectivity index (χ4n) is 2.09. The van der Waals surface area contributed by atoms with Gasteiger partial charge < -0.3 is 0 Å². The van der Waals surface area contributed by atoms with Crippen molar-refractivity contribution in [3.8, 4) is 11.3 Å². The second-order valence-corrected chi connectivity index (χ2v) is 6.31. The largest absolute Gasteiger partial charge is 0.298 e. The average molecular weight is 396 g/mol. The van der Waals surface area contributed by atoms with Crippen molar-refractivity contribution in [3.63, 3.8) is 0 Å². The monoisotopic (exact) mass is 395 g/mol. The molecule has 6 nitrogen and oxygen atoms in total. The smallest absolute Gasteiger partial charge is 0.270 e. The first-order chi connectivity index (χ1) is 12.3. The highest BCUT2D eigenvalue weighted by atomic mass is 35.5. The van der Waals surface area contributed by atoms with Gasteiger partial charge in [-0.05, 0) is 24.3 Å². The molecule has 1 amide bonds. The third-order valence-corrected chi connectivity index (χ3v) is 4.42. The van der Waals surface area contributed by atoms with Gasteiger partial charge in [-0.3, -0.25) is 20.2 Å². The molecule has 0 saturated heterocycles. The maximum absolute atomic E-state index is 13.3. The summed E-state index contributed by atoms with van der Waals surface area (Å²) in [4.78, 5) is 26.5. The van der Waals surface area contributed by atoms with Crippen LogP contribution in [-0.2, 0) is 0 Å². The normalized spacial score (nSPS) is 10.6. The Morgan fingerprint density at radius 2 is 1.96 bits per heavy atom. The van der Waals surface area contributed by atoms with Gasteiger partial charge in [-0.15, -0.1) is 11.3 Å². The van der Waals surface area contributed by atoms with Crippen LogP contribution >= 0.6 is 22.9 Å². The molecular weight excluding hydrogens is 388 g/mol. The molecule has 3 rings (SSSR count). The van der Waals surface area contributed by atoms with Crippen LogP contribution in [0.3, 0.4) is 0 Å². The summed E-state index contributed by atoms with van der Waals surface area (Å²) >= 11 is 6.99. The average Bonchev–Trinajstić information content (AvgIpc) is 3.05. The van der Waals surface area contributed by atoms with E-state index >= 15 is 0 Å². The van der Waals surface area contributed by atoms with Gasteiger partial charge in [0.25, 0.3) is 11.6 Å². The molecule has 0 aliphatic heterocycles. The van der Waals surface area contributed by atoms with Crippen LogP contribution in [0.5, 0.6) is 0 Å². The van der Waals surface area contributed by atoms with E-state index in [2.05, 4.69) is 10.3 Å². The molecule has 0 aliphatic rings. The molecule has 0 saturated carbocycles. The number of halogens is 3. The maximum Gasteiger partial charge on any atom is 0.270 e. The second-order valence-electron chi connectivity index (χ2n) is 5.04. The van der Waals surface area contributed by atoms with Gasteiger partial charge in [0.15, 0.2) is 16.8 Å². The van der Waals surface area contributed by atoms with Gasteiger partial charge in [0.05, 0.1) is 21.2 Å². The summed E-state index contributed by atoms with van der Waals surface area (Å²) in [5.74, 6) is -2.57. The fraction of sp³-hybridized carbons (Fsp3) is 0. The molecule has 0 unspecified atom stereocenters. The zero-order valence-corrected chi connectivity index (χ0v) is 14.3. The first kappa shape index (κ1) is 17.9. The topological polar surface area (TPSA) is 85.1 Å². The van der Waals surface area contributed by atoms with E-state index < -0.39 is 22.5 Å². The van der Waals surface area contributed by atoms with E-state index in [0.717, 1.165) is 35.6 Å². The number of hydrogen-bond acceptors (Lipinski definition) is 5. The number of non-ortho nitro benzene ring substituents is 1. The van der Waals surface area contributed by atoms with Crippen LogP contribution in [0.4, 0.5) is 19.6 Å². The van der Waals surface area contributed by atoms with Gasteiger partial charge in [-0.1, -0.05) is 11.6 Å². The molecule has 1 N–H and O–H groups in total. The molecule has 0 atom stereocenters. The lowest BCUT2D eigenvalue weighted by Gasteiger charge is -2.04. The summed E-state index contributed by atoms with van der Waals surface area (Å²) in [6, 6.07) is 6.83. The number of nitrogens with one attached hydrogen (secondary N) is 1. The van der Waals surface area contributed by atoms with Crippen LogP contribution in [-0.4, -0.2) is 15.8 Å². The molecule has 0 aliphatic carbocycles. The van der Waals surface area contributed by atoms with Crippen LogP contribution in [0.1, 0.15) is 10.4 Å². The molecule has 132 valence electrons. The van der Waals surface area contributed by atoms with Crippen molar-refractivity contribution in [3.05, 3.63) is 74.1 Å². The predicted octanol–water partition coefficient (Wildman–Crippen LogP) is 4.90. The molecule has 0 spiro atoms. The standard InChI is InChI=1S/C16H8ClF2N3O3S/c17-11-6-9(22(24)25)2-3-10(11)15(23)21-16-20-14(7-26-16)8-1-4-12(18)13(19)5-8/h1-7H,(H,20,21,23). The molecule has 1 aromatic heterocycles. The highest BCUT2D eigenvalue weighted by Crippen LogP contribution is 2.28. The van der Waals surface area contributed by atoms with Crippen molar-refractivity contribution in [2.45, 2.75) is 0 Å². The number of anilines is 1. The number of hydrogen-bond donors (Lipinski definition) is 1. The van der Waals surface area contributed by atoms with Gasteiger partial charge in [0.1, 0.15) is 0 Å². The van der Waals surface area contributed by atoms with Gasteiger partial charge >= 0.3 is 0 Å². The van der Waals surface area contributed by atoms with Gasteiger partial charge in [0.2, 0.25) is 0 Å². The Balaban J connectivity index is 1.79. The van der Waals surface area contributed by atoms with Crippen molar-refractivity contribution in [2.75, 3.05) is 5.32 Å². The Bertz CT molecular complexity index is 1030. The van der Waals surface area contributed by atoms with Gasteiger partial charge in [0, 0.05) is 23.1 Å². The number of nitro benzene ring substituents is 1. The van der Waals surface area contributed by atoms with E-state index in [1.54, 1.807) is 5.38 Å². The van der Waals surface area contributed by atoms with Crippen molar-refractivity contribution < 1.29 is 18.5 Å². The van der Waals surface area contributed by atoms with E-state index in [1.807, 2.05) is 0 Å². The molecular formula is C16H8ClF2N3O3S. The minimum absolute atomic E-state index is 0.0434. The summed E-state index contributed by atoms with van der Waals surface area (Å²) in [6.45, 7) is 0. The molecule has 3 aromatic rings. The Labute approximate surface area is 154 Å². The van der Waals surface area contributed by atoms with Crippen LogP contribution in [0.2, 0.25) is 5.02 Å². The summed E-state index contributed by atoms with van der Waals surface area (Å²) in [7, 11) is 0. The number of rotatable bonds is 4. The first-order valence-corrected chi connectivity index (χ1v) is 8.27. The number of carbonyl (C=O) groups is 1. The van der Waals surface area contributed by atoms with Gasteiger partial charge in [-0.25, -0.2) is 13.8 Å². The number of thiazole rings is 1. The summed E-state index contributed by atoms with van der Waals surface area (Å²) in [5.41, 5.74) is 0.524. The highest BCUT2D eigenvalue weighted by Gasteiger charge is 2.16. The molecule has 26 heavy (non-hydrogen) atoms. The Morgan fingerprint density at radius 3 is 2.62 bits per heavy atom. The zero-order chi connectivity index (χ0) is 18.8. The number of amides is 1. The summed E-state index contributed by atoms with van der Waals surface area (Å²) in [6.07, 6.45) is 0. The Kier molecular flexibility index (Phi) is 4.92. The Hall–Kier alpha value is -2.91. The van der Waals surface area contributed by atoms with Gasteiger partial charge in [-0.2, -0.15) is 0 Å². The molecule has 10 heteroatoms. The third-order valence-electron chi connectivity index (χ3n) is 3.35. The van der Waals surface area contributed by atoms with Crippen LogP contribution in [0.25, 0.3) is 11.3 Å². The van der Waals surface area contributed by atoms with E-state index in [4.69, 9.17) is 11.6 Å². The summed E-state index contributed by atoms with van der Waals surface area (Å²) in [5, 5.41) is 14.9. The Morgan fingerprint density at radius 1 is 1.19 bits per heavy atom. The minimum Gasteiger partial charge on any atom is -0.298 e. The lowest BCUT2D eigenvalue weighted by Crippen LogP contribution is -2.12. The lowest BCUT2D eigenvalue weighted by atomic mass is 10.2. The quantitative estimate of drug-likeness (QED) is 0.502. The predicted molar refractivity (Wildman–Crippen MR) is 93.5 cm³/mol. The second kappa shape index (κ2) is 7.14. The molecule has 0 fully saturated rings. The van der Waals surface area contributed by atoms with E-state index in [1.165, 1.54) is 12.1 Å². The number of nitrogens with zero attached hydrogens (tertiary/aromatic N) is 2. The fourth-order valence-corrected chi connectivity index (χ4v) is 3.06. The van der Waals surface area contributed by atoms with Crippen molar-refractivity contribution >= 4 is 39.7 Å². The number of carbonyl (C=O) groups excluding carboxylic acids is 1. The van der Waals surface area contributed by atoms with Crippen LogP contribution in [0.15, 0.2) is 41.8 Å². The van der Waals surface area contributed by atoms with E-state index in [-0.39, 0.29) is 21.4 Å². The van der Waals surface area contributed by atoms with E-state index in [0.29, 0.717) is 11.3 Å².